The van der Waals surface area contributed by atoms with Crippen molar-refractivity contribution in [1.29, 1.82) is 0 Å². The minimum atomic E-state index is -0.228. The number of carbonyl (C=O) groups excluding carboxylic acids is 1. The highest BCUT2D eigenvalue weighted by atomic mass is 16.5. The van der Waals surface area contributed by atoms with Crippen molar-refractivity contribution in [3.05, 3.63) is 34.4 Å². The molecule has 3 rings (SSSR count). The van der Waals surface area contributed by atoms with Crippen molar-refractivity contribution >= 4 is 16.8 Å². The number of benzene rings is 1. The Kier molecular flexibility index (Phi) is 5.65. The number of aryl methyl sites for hydroxylation is 1. The molecular formula is C18H23N3O4. The van der Waals surface area contributed by atoms with Crippen molar-refractivity contribution < 1.29 is 14.3 Å². The van der Waals surface area contributed by atoms with E-state index in [9.17, 15) is 9.59 Å². The summed E-state index contributed by atoms with van der Waals surface area (Å²) in [7, 11) is 1.57. The Morgan fingerprint density at radius 2 is 2.20 bits per heavy atom. The summed E-state index contributed by atoms with van der Waals surface area (Å²) >= 11 is 0. The summed E-state index contributed by atoms with van der Waals surface area (Å²) in [5.74, 6) is 1.12. The number of hydrogen-bond acceptors (Lipinski definition) is 5. The highest BCUT2D eigenvalue weighted by Gasteiger charge is 2.14. The van der Waals surface area contributed by atoms with Gasteiger partial charge in [0.15, 0.2) is 6.61 Å². The predicted molar refractivity (Wildman–Crippen MR) is 93.9 cm³/mol. The molecule has 1 amide bonds. The van der Waals surface area contributed by atoms with Gasteiger partial charge in [0.05, 0.1) is 17.5 Å². The molecule has 2 aromatic rings. The lowest BCUT2D eigenvalue weighted by molar-refractivity contribution is -0.123. The van der Waals surface area contributed by atoms with Crippen LogP contribution in [0.4, 0.5) is 0 Å². The normalized spacial score (nSPS) is 14.0. The van der Waals surface area contributed by atoms with Crippen LogP contribution in [-0.4, -0.2) is 42.3 Å². The number of rotatable bonds is 6. The van der Waals surface area contributed by atoms with Gasteiger partial charge < -0.3 is 14.8 Å². The summed E-state index contributed by atoms with van der Waals surface area (Å²) in [6.45, 7) is 1.50. The lowest BCUT2D eigenvalue weighted by Crippen LogP contribution is -2.31. The molecule has 0 atom stereocenters. The highest BCUT2D eigenvalue weighted by molar-refractivity contribution is 5.80. The number of methoxy groups -OCH3 is 1. The summed E-state index contributed by atoms with van der Waals surface area (Å²) in [6, 6.07) is 5.19. The molecule has 0 radical (unpaired) electrons. The van der Waals surface area contributed by atoms with Crippen LogP contribution in [0.15, 0.2) is 23.0 Å². The van der Waals surface area contributed by atoms with E-state index in [-0.39, 0.29) is 18.1 Å². The van der Waals surface area contributed by atoms with Gasteiger partial charge in [0.25, 0.3) is 11.5 Å². The molecule has 25 heavy (non-hydrogen) atoms. The monoisotopic (exact) mass is 345 g/mol. The Labute approximate surface area is 146 Å². The zero-order valence-corrected chi connectivity index (χ0v) is 14.4. The van der Waals surface area contributed by atoms with Crippen molar-refractivity contribution in [3.8, 4) is 5.75 Å². The molecule has 0 spiro atoms. The molecular weight excluding hydrogens is 322 g/mol. The van der Waals surface area contributed by atoms with Gasteiger partial charge in [-0.05, 0) is 31.0 Å². The van der Waals surface area contributed by atoms with Crippen molar-refractivity contribution in [2.24, 2.45) is 0 Å². The molecule has 134 valence electrons. The van der Waals surface area contributed by atoms with Gasteiger partial charge in [-0.2, -0.15) is 0 Å². The van der Waals surface area contributed by atoms with Crippen LogP contribution in [-0.2, 0) is 22.5 Å². The minimum absolute atomic E-state index is 0.0307. The second-order valence-corrected chi connectivity index (χ2v) is 6.11. The molecule has 0 fully saturated rings. The molecule has 2 heterocycles. The Morgan fingerprint density at radius 3 is 3.04 bits per heavy atom. The number of nitrogens with zero attached hydrogens (tertiary/aromatic N) is 2. The van der Waals surface area contributed by atoms with Crippen molar-refractivity contribution in [2.45, 2.75) is 32.2 Å². The van der Waals surface area contributed by atoms with E-state index in [1.165, 1.54) is 0 Å². The van der Waals surface area contributed by atoms with Crippen LogP contribution in [0.3, 0.4) is 0 Å². The van der Waals surface area contributed by atoms with Crippen molar-refractivity contribution in [3.63, 3.8) is 0 Å². The Hall–Kier alpha value is -2.41. The molecule has 0 bridgehead atoms. The molecule has 1 aromatic heterocycles. The first kappa shape index (κ1) is 17.4. The summed E-state index contributed by atoms with van der Waals surface area (Å²) < 4.78 is 12.1. The van der Waals surface area contributed by atoms with Crippen LogP contribution in [0.5, 0.6) is 5.75 Å². The number of amides is 1. The van der Waals surface area contributed by atoms with E-state index in [1.807, 2.05) is 0 Å². The third kappa shape index (κ3) is 4.17. The first-order valence-corrected chi connectivity index (χ1v) is 8.61. The van der Waals surface area contributed by atoms with E-state index in [2.05, 4.69) is 10.3 Å². The smallest absolute Gasteiger partial charge is 0.261 e. The first-order chi connectivity index (χ1) is 12.2. The van der Waals surface area contributed by atoms with E-state index < -0.39 is 0 Å². The number of fused-ring (bicyclic) bond motifs is 2. The SMILES string of the molecule is COCCNC(=O)COc1ccc2nc3n(c(=O)c2c1)CCCCC3. The number of nitrogens with one attached hydrogen (secondary N) is 1. The maximum atomic E-state index is 12.8. The lowest BCUT2D eigenvalue weighted by atomic mass is 10.2. The summed E-state index contributed by atoms with van der Waals surface area (Å²) in [5.41, 5.74) is 0.645. The van der Waals surface area contributed by atoms with Gasteiger partial charge in [-0.25, -0.2) is 4.98 Å². The Morgan fingerprint density at radius 1 is 1.32 bits per heavy atom. The van der Waals surface area contributed by atoms with Gasteiger partial charge in [-0.3, -0.25) is 14.2 Å². The van der Waals surface area contributed by atoms with Crippen LogP contribution in [0.1, 0.15) is 25.1 Å². The maximum Gasteiger partial charge on any atom is 0.261 e. The summed E-state index contributed by atoms with van der Waals surface area (Å²) in [6.07, 6.45) is 4.02. The zero-order chi connectivity index (χ0) is 17.6. The fraction of sp³-hybridized carbons (Fsp3) is 0.500. The van der Waals surface area contributed by atoms with Crippen LogP contribution in [0.2, 0.25) is 0 Å². The second kappa shape index (κ2) is 8.11. The lowest BCUT2D eigenvalue weighted by Gasteiger charge is -2.11. The molecule has 7 nitrogen and oxygen atoms in total. The van der Waals surface area contributed by atoms with E-state index in [4.69, 9.17) is 9.47 Å². The van der Waals surface area contributed by atoms with E-state index >= 15 is 0 Å². The van der Waals surface area contributed by atoms with E-state index in [1.54, 1.807) is 29.9 Å². The Bertz CT molecular complexity index is 816. The van der Waals surface area contributed by atoms with Crippen molar-refractivity contribution in [1.82, 2.24) is 14.9 Å². The molecule has 0 unspecified atom stereocenters. The fourth-order valence-corrected chi connectivity index (χ4v) is 2.98. The molecule has 1 aromatic carbocycles. The first-order valence-electron chi connectivity index (χ1n) is 8.61. The van der Waals surface area contributed by atoms with Crippen molar-refractivity contribution in [2.75, 3.05) is 26.9 Å². The third-order valence-corrected chi connectivity index (χ3v) is 4.29. The number of hydrogen-bond donors (Lipinski definition) is 1. The molecule has 0 saturated carbocycles. The average molecular weight is 345 g/mol. The molecule has 0 aliphatic carbocycles. The van der Waals surface area contributed by atoms with Gasteiger partial charge in [0.2, 0.25) is 0 Å². The summed E-state index contributed by atoms with van der Waals surface area (Å²) in [5, 5.41) is 3.21. The molecule has 0 saturated heterocycles. The number of carbonyl (C=O) groups is 1. The predicted octanol–water partition coefficient (Wildman–Crippen LogP) is 1.26. The van der Waals surface area contributed by atoms with Gasteiger partial charge in [-0.1, -0.05) is 6.42 Å². The minimum Gasteiger partial charge on any atom is -0.484 e. The third-order valence-electron chi connectivity index (χ3n) is 4.29. The van der Waals surface area contributed by atoms with Gasteiger partial charge in [0.1, 0.15) is 11.6 Å². The highest BCUT2D eigenvalue weighted by Crippen LogP contribution is 2.19. The number of ether oxygens (including phenoxy) is 2. The summed E-state index contributed by atoms with van der Waals surface area (Å²) in [4.78, 5) is 29.1. The topological polar surface area (TPSA) is 82.4 Å². The van der Waals surface area contributed by atoms with Gasteiger partial charge in [-0.15, -0.1) is 0 Å². The van der Waals surface area contributed by atoms with E-state index in [0.29, 0.717) is 36.3 Å². The van der Waals surface area contributed by atoms with Crippen LogP contribution in [0.25, 0.3) is 10.9 Å². The largest absolute Gasteiger partial charge is 0.484 e. The second-order valence-electron chi connectivity index (χ2n) is 6.11. The Balaban J connectivity index is 1.77. The standard InChI is InChI=1S/C18H23N3O4/c1-24-10-8-19-17(22)12-25-13-6-7-15-14(11-13)18(23)21-9-4-2-3-5-16(21)20-15/h6-7,11H,2-5,8-10,12H2,1H3,(H,19,22). The van der Waals surface area contributed by atoms with Gasteiger partial charge >= 0.3 is 0 Å². The quantitative estimate of drug-likeness (QED) is 0.797. The van der Waals surface area contributed by atoms with Crippen LogP contribution in [0, 0.1) is 0 Å². The van der Waals surface area contributed by atoms with Crippen LogP contribution >= 0.6 is 0 Å². The van der Waals surface area contributed by atoms with Gasteiger partial charge in [0, 0.05) is 26.6 Å². The van der Waals surface area contributed by atoms with E-state index in [0.717, 1.165) is 31.5 Å². The van der Waals surface area contributed by atoms with Crippen LogP contribution < -0.4 is 15.6 Å². The molecule has 1 aliphatic rings. The maximum absolute atomic E-state index is 12.8. The zero-order valence-electron chi connectivity index (χ0n) is 14.4. The number of aromatic nitrogens is 2. The molecule has 1 aliphatic heterocycles. The molecule has 7 heteroatoms. The average Bonchev–Trinajstić information content (AvgIpc) is 2.86. The molecule has 1 N–H and O–H groups in total. The fourth-order valence-electron chi connectivity index (χ4n) is 2.98.